The van der Waals surface area contributed by atoms with Crippen LogP contribution in [0.1, 0.15) is 0 Å². The minimum Gasteiger partial charge on any atom is -0.341 e. The molecule has 5 heteroatoms. The standard InChI is InChI=1S/C3H2N3O2/c7-1-4-3-5-2-8-6-3/h2H,(H,4,6,7). The van der Waals surface area contributed by atoms with E-state index in [0.717, 1.165) is 6.39 Å². The Morgan fingerprint density at radius 2 is 2.75 bits per heavy atom. The molecule has 1 heterocycles. The van der Waals surface area contributed by atoms with Crippen molar-refractivity contribution in [2.75, 3.05) is 5.32 Å². The van der Waals surface area contributed by atoms with Crippen molar-refractivity contribution in [2.45, 2.75) is 0 Å². The third kappa shape index (κ3) is 0.810. The largest absolute Gasteiger partial charge is 0.341 e. The Bertz CT molecular complexity index is 159. The molecule has 0 aromatic carbocycles. The lowest BCUT2D eigenvalue weighted by atomic mass is 11.0. The van der Waals surface area contributed by atoms with Crippen LogP contribution in [0.15, 0.2) is 10.9 Å². The molecule has 5 nitrogen and oxygen atoms in total. The zero-order valence-electron chi connectivity index (χ0n) is 3.79. The van der Waals surface area contributed by atoms with Gasteiger partial charge in [0.2, 0.25) is 6.39 Å². The van der Waals surface area contributed by atoms with Gasteiger partial charge in [-0.05, 0) is 5.16 Å². The lowest BCUT2D eigenvalue weighted by Gasteiger charge is -1.77. The van der Waals surface area contributed by atoms with E-state index in [1.807, 2.05) is 0 Å². The molecule has 0 atom stereocenters. The van der Waals surface area contributed by atoms with Crippen LogP contribution < -0.4 is 5.32 Å². The number of anilines is 1. The van der Waals surface area contributed by atoms with Crippen LogP contribution in [0.4, 0.5) is 5.95 Å². The van der Waals surface area contributed by atoms with Gasteiger partial charge in [0.25, 0.3) is 5.95 Å². The molecular formula is C3H2N3O2. The van der Waals surface area contributed by atoms with Gasteiger partial charge in [-0.25, -0.2) is 0 Å². The fourth-order valence-corrected chi connectivity index (χ4v) is 0.271. The van der Waals surface area contributed by atoms with E-state index in [2.05, 4.69) is 20.0 Å². The van der Waals surface area contributed by atoms with Crippen molar-refractivity contribution < 1.29 is 9.32 Å². The van der Waals surface area contributed by atoms with E-state index < -0.39 is 0 Å². The van der Waals surface area contributed by atoms with Crippen LogP contribution in [-0.4, -0.2) is 16.6 Å². The second kappa shape index (κ2) is 2.06. The first-order chi connectivity index (χ1) is 3.93. The molecule has 0 aliphatic heterocycles. The Hall–Kier alpha value is -1.39. The predicted octanol–water partition coefficient (Wildman–Crippen LogP) is -0.451. The summed E-state index contributed by atoms with van der Waals surface area (Å²) in [4.78, 5) is 13.0. The molecular weight excluding hydrogens is 110 g/mol. The Balaban J connectivity index is 2.62. The lowest BCUT2D eigenvalue weighted by molar-refractivity contribution is 0.419. The highest BCUT2D eigenvalue weighted by atomic mass is 16.5. The molecule has 41 valence electrons. The molecule has 0 fully saturated rings. The second-order valence-corrected chi connectivity index (χ2v) is 0.982. The molecule has 0 aliphatic rings. The Labute approximate surface area is 44.7 Å². The van der Waals surface area contributed by atoms with Gasteiger partial charge in [0, 0.05) is 0 Å². The van der Waals surface area contributed by atoms with E-state index in [4.69, 9.17) is 0 Å². The topological polar surface area (TPSA) is 68.0 Å². The smallest absolute Gasteiger partial charge is 0.316 e. The molecule has 0 aliphatic carbocycles. The van der Waals surface area contributed by atoms with Crippen molar-refractivity contribution in [1.29, 1.82) is 0 Å². The number of amides is 1. The lowest BCUT2D eigenvalue weighted by Crippen LogP contribution is -1.94. The first-order valence-electron chi connectivity index (χ1n) is 1.83. The first-order valence-corrected chi connectivity index (χ1v) is 1.83. The molecule has 1 rings (SSSR count). The SMILES string of the molecule is O=[C]Nc1ncon1. The summed E-state index contributed by atoms with van der Waals surface area (Å²) < 4.78 is 4.26. The molecule has 1 radical (unpaired) electrons. The highest BCUT2D eigenvalue weighted by Gasteiger charge is 1.91. The summed E-state index contributed by atoms with van der Waals surface area (Å²) in [6.07, 6.45) is 2.50. The van der Waals surface area contributed by atoms with Crippen LogP contribution in [0.2, 0.25) is 0 Å². The Morgan fingerprint density at radius 3 is 3.25 bits per heavy atom. The average molecular weight is 112 g/mol. The Morgan fingerprint density at radius 1 is 1.88 bits per heavy atom. The zero-order chi connectivity index (χ0) is 5.82. The normalized spacial score (nSPS) is 8.50. The summed E-state index contributed by atoms with van der Waals surface area (Å²) in [5.74, 6) is 0.125. The first kappa shape index (κ1) is 4.76. The second-order valence-electron chi connectivity index (χ2n) is 0.982. The van der Waals surface area contributed by atoms with Gasteiger partial charge in [0.05, 0.1) is 0 Å². The highest BCUT2D eigenvalue weighted by molar-refractivity contribution is 5.66. The molecule has 8 heavy (non-hydrogen) atoms. The summed E-state index contributed by atoms with van der Waals surface area (Å²) >= 11 is 0. The van der Waals surface area contributed by atoms with Gasteiger partial charge in [0.1, 0.15) is 0 Å². The van der Waals surface area contributed by atoms with Crippen LogP contribution >= 0.6 is 0 Å². The van der Waals surface area contributed by atoms with E-state index in [1.165, 1.54) is 6.41 Å². The van der Waals surface area contributed by atoms with Gasteiger partial charge in [-0.15, -0.1) is 0 Å². The monoisotopic (exact) mass is 112 g/mol. The molecule has 1 aromatic rings. The summed E-state index contributed by atoms with van der Waals surface area (Å²) in [7, 11) is 0. The third-order valence-corrected chi connectivity index (χ3v) is 0.524. The average Bonchev–Trinajstić information content (AvgIpc) is 2.19. The molecule has 0 bridgehead atoms. The number of nitrogens with one attached hydrogen (secondary N) is 1. The summed E-state index contributed by atoms with van der Waals surface area (Å²) in [6.45, 7) is 0. The van der Waals surface area contributed by atoms with Crippen molar-refractivity contribution in [3.05, 3.63) is 6.39 Å². The van der Waals surface area contributed by atoms with E-state index in [-0.39, 0.29) is 5.95 Å². The maximum atomic E-state index is 9.51. The minimum atomic E-state index is 0.125. The number of aromatic nitrogens is 2. The summed E-state index contributed by atoms with van der Waals surface area (Å²) in [5, 5.41) is 5.31. The molecule has 1 aromatic heterocycles. The van der Waals surface area contributed by atoms with Crippen LogP contribution in [0.3, 0.4) is 0 Å². The van der Waals surface area contributed by atoms with Crippen molar-refractivity contribution in [3.8, 4) is 0 Å². The van der Waals surface area contributed by atoms with Gasteiger partial charge >= 0.3 is 6.41 Å². The van der Waals surface area contributed by atoms with E-state index in [0.29, 0.717) is 0 Å². The maximum absolute atomic E-state index is 9.51. The third-order valence-electron chi connectivity index (χ3n) is 0.524. The van der Waals surface area contributed by atoms with E-state index in [9.17, 15) is 4.79 Å². The number of carbonyl (C=O) groups excluding carboxylic acids is 1. The van der Waals surface area contributed by atoms with Crippen molar-refractivity contribution in [2.24, 2.45) is 0 Å². The van der Waals surface area contributed by atoms with Crippen LogP contribution in [0.5, 0.6) is 0 Å². The maximum Gasteiger partial charge on any atom is 0.316 e. The van der Waals surface area contributed by atoms with Crippen LogP contribution in [0.25, 0.3) is 0 Å². The van der Waals surface area contributed by atoms with Crippen LogP contribution in [0, 0.1) is 0 Å². The molecule has 0 unspecified atom stereocenters. The molecule has 1 N–H and O–H groups in total. The molecule has 0 saturated carbocycles. The van der Waals surface area contributed by atoms with Crippen molar-refractivity contribution >= 4 is 12.4 Å². The number of hydrogen-bond donors (Lipinski definition) is 1. The van der Waals surface area contributed by atoms with Gasteiger partial charge in [-0.1, -0.05) is 0 Å². The summed E-state index contributed by atoms with van der Waals surface area (Å²) in [5.41, 5.74) is 0. The van der Waals surface area contributed by atoms with Gasteiger partial charge in [-0.3, -0.25) is 10.1 Å². The number of rotatable bonds is 2. The predicted molar refractivity (Wildman–Crippen MR) is 23.6 cm³/mol. The fourth-order valence-electron chi connectivity index (χ4n) is 0.271. The number of hydrogen-bond acceptors (Lipinski definition) is 4. The molecule has 0 saturated heterocycles. The molecule has 1 amide bonds. The van der Waals surface area contributed by atoms with Gasteiger partial charge in [-0.2, -0.15) is 4.98 Å². The zero-order valence-corrected chi connectivity index (χ0v) is 3.79. The quantitative estimate of drug-likeness (QED) is 0.526. The van der Waals surface area contributed by atoms with Gasteiger partial charge < -0.3 is 4.52 Å². The van der Waals surface area contributed by atoms with Gasteiger partial charge in [0.15, 0.2) is 0 Å². The highest BCUT2D eigenvalue weighted by Crippen LogP contribution is 1.89. The molecule has 0 spiro atoms. The van der Waals surface area contributed by atoms with Crippen LogP contribution in [-0.2, 0) is 4.79 Å². The van der Waals surface area contributed by atoms with Crippen molar-refractivity contribution in [1.82, 2.24) is 10.1 Å². The van der Waals surface area contributed by atoms with E-state index >= 15 is 0 Å². The fraction of sp³-hybridized carbons (Fsp3) is 0. The summed E-state index contributed by atoms with van der Waals surface area (Å²) in [6, 6.07) is 0. The minimum absolute atomic E-state index is 0.125. The van der Waals surface area contributed by atoms with Crippen molar-refractivity contribution in [3.63, 3.8) is 0 Å². The van der Waals surface area contributed by atoms with E-state index in [1.54, 1.807) is 0 Å². The Kier molecular flexibility index (Phi) is 1.23. The number of nitrogens with zero attached hydrogens (tertiary/aromatic N) is 2.